The fourth-order valence-electron chi connectivity index (χ4n) is 3.42. The number of aromatic carboxylic acids is 1. The molecule has 0 spiro atoms. The second-order valence-electron chi connectivity index (χ2n) is 7.02. The van der Waals surface area contributed by atoms with E-state index >= 15 is 0 Å². The summed E-state index contributed by atoms with van der Waals surface area (Å²) < 4.78 is 28.4. The van der Waals surface area contributed by atoms with Gasteiger partial charge in [0.25, 0.3) is 0 Å². The van der Waals surface area contributed by atoms with Gasteiger partial charge in [0.2, 0.25) is 0 Å². The molecule has 4 rings (SSSR count). The molecular formula is C24H20BrFN2O4. The van der Waals surface area contributed by atoms with Crippen LogP contribution in [0.1, 0.15) is 28.7 Å². The fraction of sp³-hybridized carbons (Fsp3) is 0.167. The summed E-state index contributed by atoms with van der Waals surface area (Å²) in [6.07, 6.45) is 0. The zero-order valence-electron chi connectivity index (χ0n) is 17.2. The van der Waals surface area contributed by atoms with Crippen molar-refractivity contribution in [2.75, 3.05) is 6.61 Å². The van der Waals surface area contributed by atoms with Gasteiger partial charge in [-0.1, -0.05) is 34.1 Å². The van der Waals surface area contributed by atoms with Crippen molar-refractivity contribution in [3.63, 3.8) is 0 Å². The maximum Gasteiger partial charge on any atom is 0.339 e. The van der Waals surface area contributed by atoms with Crippen LogP contribution in [0.4, 0.5) is 4.39 Å². The summed E-state index contributed by atoms with van der Waals surface area (Å²) >= 11 is 3.28. The second-order valence-corrected chi connectivity index (χ2v) is 7.94. The van der Waals surface area contributed by atoms with Crippen molar-refractivity contribution < 1.29 is 23.8 Å². The average molecular weight is 499 g/mol. The molecule has 0 radical (unpaired) electrons. The van der Waals surface area contributed by atoms with Gasteiger partial charge in [-0.2, -0.15) is 0 Å². The van der Waals surface area contributed by atoms with Crippen LogP contribution in [0.25, 0.3) is 11.0 Å². The lowest BCUT2D eigenvalue weighted by Gasteiger charge is -2.13. The van der Waals surface area contributed by atoms with Crippen LogP contribution >= 0.6 is 15.9 Å². The number of hydrogen-bond donors (Lipinski definition) is 1. The summed E-state index contributed by atoms with van der Waals surface area (Å²) in [5.41, 5.74) is 2.24. The molecule has 3 aromatic carbocycles. The molecule has 0 bridgehead atoms. The summed E-state index contributed by atoms with van der Waals surface area (Å²) in [6.45, 7) is 2.52. The van der Waals surface area contributed by atoms with Crippen LogP contribution in [0.5, 0.6) is 11.5 Å². The van der Waals surface area contributed by atoms with Crippen LogP contribution in [0, 0.1) is 5.82 Å². The van der Waals surface area contributed by atoms with Crippen LogP contribution in [0.2, 0.25) is 0 Å². The molecule has 6 nitrogen and oxygen atoms in total. The Bertz CT molecular complexity index is 1290. The topological polar surface area (TPSA) is 73.6 Å². The van der Waals surface area contributed by atoms with Crippen LogP contribution < -0.4 is 9.47 Å². The number of hydrogen-bond acceptors (Lipinski definition) is 4. The van der Waals surface area contributed by atoms with E-state index in [9.17, 15) is 14.3 Å². The molecule has 32 heavy (non-hydrogen) atoms. The molecule has 0 atom stereocenters. The SMILES string of the molecule is CCOc1cc(OCc2nc3ccccc3n2Cc2ccc(Br)cc2F)ccc1C(=O)O. The van der Waals surface area contributed by atoms with Gasteiger partial charge in [-0.05, 0) is 43.3 Å². The lowest BCUT2D eigenvalue weighted by Crippen LogP contribution is -2.10. The monoisotopic (exact) mass is 498 g/mol. The molecule has 0 amide bonds. The third-order valence-electron chi connectivity index (χ3n) is 4.93. The Labute approximate surface area is 192 Å². The van der Waals surface area contributed by atoms with Crippen LogP contribution in [0.3, 0.4) is 0 Å². The molecule has 164 valence electrons. The highest BCUT2D eigenvalue weighted by Crippen LogP contribution is 2.27. The largest absolute Gasteiger partial charge is 0.493 e. The highest BCUT2D eigenvalue weighted by Gasteiger charge is 2.16. The van der Waals surface area contributed by atoms with Crippen molar-refractivity contribution in [2.24, 2.45) is 0 Å². The summed E-state index contributed by atoms with van der Waals surface area (Å²) in [5.74, 6) is -0.0726. The summed E-state index contributed by atoms with van der Waals surface area (Å²) in [5, 5.41) is 9.32. The average Bonchev–Trinajstić information content (AvgIpc) is 3.12. The second kappa shape index (κ2) is 9.40. The molecule has 0 aliphatic carbocycles. The van der Waals surface area contributed by atoms with Crippen LogP contribution in [-0.2, 0) is 13.2 Å². The van der Waals surface area contributed by atoms with E-state index in [1.807, 2.05) is 28.8 Å². The first-order chi connectivity index (χ1) is 15.5. The number of benzene rings is 3. The van der Waals surface area contributed by atoms with Gasteiger partial charge in [-0.25, -0.2) is 14.2 Å². The van der Waals surface area contributed by atoms with Gasteiger partial charge in [-0.3, -0.25) is 0 Å². The minimum atomic E-state index is -1.07. The quantitative estimate of drug-likeness (QED) is 0.339. The number of carboxylic acid groups (broad SMARTS) is 1. The normalized spacial score (nSPS) is 11.0. The zero-order chi connectivity index (χ0) is 22.7. The Kier molecular flexibility index (Phi) is 6.41. The lowest BCUT2D eigenvalue weighted by atomic mass is 10.2. The molecule has 1 N–H and O–H groups in total. The van der Waals surface area contributed by atoms with Crippen LogP contribution in [0.15, 0.2) is 65.1 Å². The third-order valence-corrected chi connectivity index (χ3v) is 5.42. The third kappa shape index (κ3) is 4.60. The number of imidazole rings is 1. The van der Waals surface area contributed by atoms with Gasteiger partial charge in [0.15, 0.2) is 0 Å². The Balaban J connectivity index is 1.64. The first-order valence-electron chi connectivity index (χ1n) is 9.97. The van der Waals surface area contributed by atoms with Gasteiger partial charge in [0.1, 0.15) is 35.3 Å². The molecule has 0 aliphatic rings. The number of carbonyl (C=O) groups is 1. The molecule has 1 aromatic heterocycles. The smallest absolute Gasteiger partial charge is 0.339 e. The van der Waals surface area contributed by atoms with E-state index < -0.39 is 5.97 Å². The molecule has 1 heterocycles. The molecular weight excluding hydrogens is 479 g/mol. The number of rotatable bonds is 8. The van der Waals surface area contributed by atoms with E-state index in [1.165, 1.54) is 12.1 Å². The van der Waals surface area contributed by atoms with Gasteiger partial charge in [0.05, 0.1) is 24.2 Å². The number of fused-ring (bicyclic) bond motifs is 1. The number of nitrogens with zero attached hydrogens (tertiary/aromatic N) is 2. The minimum Gasteiger partial charge on any atom is -0.493 e. The summed E-state index contributed by atoms with van der Waals surface area (Å²) in [6, 6.07) is 17.2. The zero-order valence-corrected chi connectivity index (χ0v) is 18.8. The molecule has 4 aromatic rings. The van der Waals surface area contributed by atoms with Gasteiger partial charge in [-0.15, -0.1) is 0 Å². The lowest BCUT2D eigenvalue weighted by molar-refractivity contribution is 0.0692. The standard InChI is InChI=1S/C24H20BrFN2O4/c1-2-31-22-12-17(9-10-18(22)24(29)30)32-14-23-27-20-5-3-4-6-21(20)28(23)13-15-7-8-16(25)11-19(15)26/h3-12H,2,13-14H2,1H3,(H,29,30). The first-order valence-corrected chi connectivity index (χ1v) is 10.8. The first kappa shape index (κ1) is 21.8. The highest BCUT2D eigenvalue weighted by atomic mass is 79.9. The predicted molar refractivity (Wildman–Crippen MR) is 122 cm³/mol. The van der Waals surface area contributed by atoms with Crippen molar-refractivity contribution >= 4 is 32.9 Å². The molecule has 0 aliphatic heterocycles. The fourth-order valence-corrected chi connectivity index (χ4v) is 3.76. The van der Waals surface area contributed by atoms with E-state index in [2.05, 4.69) is 20.9 Å². The van der Waals surface area contributed by atoms with E-state index in [0.717, 1.165) is 11.0 Å². The van der Waals surface area contributed by atoms with E-state index in [-0.39, 0.29) is 23.7 Å². The Hall–Kier alpha value is -3.39. The highest BCUT2D eigenvalue weighted by molar-refractivity contribution is 9.10. The van der Waals surface area contributed by atoms with E-state index in [1.54, 1.807) is 31.2 Å². The number of ether oxygens (including phenoxy) is 2. The molecule has 0 unspecified atom stereocenters. The number of aromatic nitrogens is 2. The van der Waals surface area contributed by atoms with Gasteiger partial charge in [0, 0.05) is 16.1 Å². The minimum absolute atomic E-state index is 0.0668. The maximum absolute atomic E-state index is 14.5. The van der Waals surface area contributed by atoms with Crippen molar-refractivity contribution in [1.29, 1.82) is 0 Å². The van der Waals surface area contributed by atoms with Gasteiger partial charge < -0.3 is 19.1 Å². The number of carboxylic acids is 1. The summed E-state index contributed by atoms with van der Waals surface area (Å²) in [7, 11) is 0. The van der Waals surface area contributed by atoms with Crippen molar-refractivity contribution in [2.45, 2.75) is 20.1 Å². The Morgan fingerprint density at radius 3 is 2.69 bits per heavy atom. The maximum atomic E-state index is 14.5. The van der Waals surface area contributed by atoms with E-state index in [0.29, 0.717) is 34.8 Å². The van der Waals surface area contributed by atoms with Crippen molar-refractivity contribution in [1.82, 2.24) is 9.55 Å². The van der Waals surface area contributed by atoms with E-state index in [4.69, 9.17) is 9.47 Å². The molecule has 0 saturated heterocycles. The van der Waals surface area contributed by atoms with Crippen molar-refractivity contribution in [3.05, 3.63) is 87.9 Å². The van der Waals surface area contributed by atoms with Crippen LogP contribution in [-0.4, -0.2) is 27.2 Å². The van der Waals surface area contributed by atoms with Crippen molar-refractivity contribution in [3.8, 4) is 11.5 Å². The molecule has 0 fully saturated rings. The molecule has 8 heteroatoms. The predicted octanol–water partition coefficient (Wildman–Crippen LogP) is 5.66. The number of halogens is 2. The number of para-hydroxylation sites is 2. The molecule has 0 saturated carbocycles. The summed E-state index contributed by atoms with van der Waals surface area (Å²) in [4.78, 5) is 16.0. The van der Waals surface area contributed by atoms with Gasteiger partial charge >= 0.3 is 5.97 Å². The Morgan fingerprint density at radius 1 is 1.12 bits per heavy atom. The Morgan fingerprint density at radius 2 is 1.94 bits per heavy atom.